The summed E-state index contributed by atoms with van der Waals surface area (Å²) in [5.41, 5.74) is 4.48. The minimum Gasteiger partial charge on any atom is -0.467 e. The quantitative estimate of drug-likeness (QED) is 0.630. The summed E-state index contributed by atoms with van der Waals surface area (Å²) in [5.74, 6) is -0.562. The van der Waals surface area contributed by atoms with Crippen LogP contribution in [0.3, 0.4) is 0 Å². The van der Waals surface area contributed by atoms with Gasteiger partial charge in [-0.1, -0.05) is 0 Å². The molecule has 2 unspecified atom stereocenters. The summed E-state index contributed by atoms with van der Waals surface area (Å²) < 4.78 is 4.57. The number of hydrogen-bond acceptors (Lipinski definition) is 4. The molecule has 15 heavy (non-hydrogen) atoms. The van der Waals surface area contributed by atoms with Crippen molar-refractivity contribution in [2.24, 2.45) is 5.73 Å². The highest BCUT2D eigenvalue weighted by molar-refractivity contribution is 5.86. The third-order valence-electron chi connectivity index (χ3n) is 2.53. The van der Waals surface area contributed by atoms with Crippen LogP contribution in [0.4, 0.5) is 4.79 Å². The summed E-state index contributed by atoms with van der Waals surface area (Å²) in [4.78, 5) is 23.3. The number of hydrogen-bond donors (Lipinski definition) is 2. The third kappa shape index (κ3) is 2.32. The SMILES string of the molecule is COC(=O)C1(C)CC(N)CN1C(=O)O.Cl. The van der Waals surface area contributed by atoms with Gasteiger partial charge in [-0.3, -0.25) is 4.90 Å². The van der Waals surface area contributed by atoms with Crippen molar-refractivity contribution in [3.05, 3.63) is 0 Å². The van der Waals surface area contributed by atoms with Gasteiger partial charge in [0.15, 0.2) is 0 Å². The van der Waals surface area contributed by atoms with E-state index in [4.69, 9.17) is 10.8 Å². The van der Waals surface area contributed by atoms with Gasteiger partial charge in [0.25, 0.3) is 0 Å². The van der Waals surface area contributed by atoms with Crippen LogP contribution < -0.4 is 5.73 Å². The second-order valence-electron chi connectivity index (χ2n) is 3.62. The van der Waals surface area contributed by atoms with Gasteiger partial charge in [0.05, 0.1) is 7.11 Å². The Hall–Kier alpha value is -1.01. The van der Waals surface area contributed by atoms with Gasteiger partial charge >= 0.3 is 12.1 Å². The van der Waals surface area contributed by atoms with E-state index in [0.29, 0.717) is 6.42 Å². The van der Waals surface area contributed by atoms with E-state index in [1.807, 2.05) is 0 Å². The van der Waals surface area contributed by atoms with Gasteiger partial charge in [-0.15, -0.1) is 12.4 Å². The highest BCUT2D eigenvalue weighted by Crippen LogP contribution is 2.29. The molecule has 1 aliphatic rings. The number of ether oxygens (including phenoxy) is 1. The minimum atomic E-state index is -1.15. The van der Waals surface area contributed by atoms with Crippen molar-refractivity contribution in [3.63, 3.8) is 0 Å². The minimum absolute atomic E-state index is 0. The maximum Gasteiger partial charge on any atom is 0.408 e. The van der Waals surface area contributed by atoms with Crippen molar-refractivity contribution in [1.82, 2.24) is 4.90 Å². The number of nitrogens with two attached hydrogens (primary N) is 1. The number of halogens is 1. The molecule has 3 N–H and O–H groups in total. The second-order valence-corrected chi connectivity index (χ2v) is 3.62. The molecule has 0 saturated carbocycles. The average Bonchev–Trinajstić information content (AvgIpc) is 2.41. The van der Waals surface area contributed by atoms with Crippen LogP contribution >= 0.6 is 12.4 Å². The van der Waals surface area contributed by atoms with Crippen LogP contribution in [-0.4, -0.2) is 47.3 Å². The zero-order chi connectivity index (χ0) is 10.9. The van der Waals surface area contributed by atoms with Gasteiger partial charge < -0.3 is 15.6 Å². The Morgan fingerprint density at radius 1 is 1.60 bits per heavy atom. The Bertz CT molecular complexity index is 273. The third-order valence-corrected chi connectivity index (χ3v) is 2.53. The largest absolute Gasteiger partial charge is 0.467 e. The van der Waals surface area contributed by atoms with E-state index < -0.39 is 17.6 Å². The molecule has 0 aromatic heterocycles. The van der Waals surface area contributed by atoms with Crippen LogP contribution in [0.1, 0.15) is 13.3 Å². The van der Waals surface area contributed by atoms with Gasteiger partial charge in [0.1, 0.15) is 5.54 Å². The molecular formula is C8H15ClN2O4. The van der Waals surface area contributed by atoms with Crippen molar-refractivity contribution >= 4 is 24.5 Å². The number of carbonyl (C=O) groups excluding carboxylic acids is 1. The maximum atomic E-state index is 11.4. The molecule has 1 heterocycles. The van der Waals surface area contributed by atoms with E-state index in [0.717, 1.165) is 4.90 Å². The van der Waals surface area contributed by atoms with Crippen LogP contribution in [0, 0.1) is 0 Å². The lowest BCUT2D eigenvalue weighted by molar-refractivity contribution is -0.151. The topological polar surface area (TPSA) is 92.9 Å². The van der Waals surface area contributed by atoms with E-state index >= 15 is 0 Å². The van der Waals surface area contributed by atoms with Crippen LogP contribution in [0.5, 0.6) is 0 Å². The Morgan fingerprint density at radius 3 is 2.53 bits per heavy atom. The summed E-state index contributed by atoms with van der Waals surface area (Å²) in [7, 11) is 1.23. The van der Waals surface area contributed by atoms with Crippen molar-refractivity contribution < 1.29 is 19.4 Å². The van der Waals surface area contributed by atoms with E-state index in [1.54, 1.807) is 0 Å². The molecule has 0 spiro atoms. The Labute approximate surface area is 93.8 Å². The van der Waals surface area contributed by atoms with E-state index in [1.165, 1.54) is 14.0 Å². The Balaban J connectivity index is 0.00000196. The molecular weight excluding hydrogens is 224 g/mol. The molecule has 1 saturated heterocycles. The molecule has 1 aliphatic heterocycles. The molecule has 1 rings (SSSR count). The highest BCUT2D eigenvalue weighted by atomic mass is 35.5. The molecule has 1 amide bonds. The first-order valence-corrected chi connectivity index (χ1v) is 4.26. The predicted octanol–water partition coefficient (Wildman–Crippen LogP) is 0.0509. The smallest absolute Gasteiger partial charge is 0.408 e. The Morgan fingerprint density at radius 2 is 2.13 bits per heavy atom. The van der Waals surface area contributed by atoms with Crippen LogP contribution in [0.15, 0.2) is 0 Å². The van der Waals surface area contributed by atoms with Gasteiger partial charge in [-0.25, -0.2) is 9.59 Å². The number of carboxylic acid groups (broad SMARTS) is 1. The van der Waals surface area contributed by atoms with Crippen molar-refractivity contribution in [1.29, 1.82) is 0 Å². The number of carbonyl (C=O) groups is 2. The van der Waals surface area contributed by atoms with E-state index in [-0.39, 0.29) is 25.0 Å². The van der Waals surface area contributed by atoms with Crippen molar-refractivity contribution in [2.45, 2.75) is 24.9 Å². The molecule has 6 nitrogen and oxygen atoms in total. The lowest BCUT2D eigenvalue weighted by atomic mass is 9.98. The normalized spacial score (nSPS) is 29.5. The number of nitrogens with zero attached hydrogens (tertiary/aromatic N) is 1. The van der Waals surface area contributed by atoms with Crippen LogP contribution in [-0.2, 0) is 9.53 Å². The first-order valence-electron chi connectivity index (χ1n) is 4.26. The van der Waals surface area contributed by atoms with Crippen LogP contribution in [0.2, 0.25) is 0 Å². The summed E-state index contributed by atoms with van der Waals surface area (Å²) in [6.07, 6.45) is -0.850. The molecule has 2 atom stereocenters. The van der Waals surface area contributed by atoms with Gasteiger partial charge in [-0.2, -0.15) is 0 Å². The molecule has 0 aromatic carbocycles. The van der Waals surface area contributed by atoms with E-state index in [9.17, 15) is 9.59 Å². The Kier molecular flexibility index (Phi) is 4.36. The summed E-state index contributed by atoms with van der Waals surface area (Å²) in [6.45, 7) is 1.70. The number of esters is 1. The standard InChI is InChI=1S/C8H14N2O4.ClH/c1-8(6(11)14-2)3-5(9)4-10(8)7(12)13;/h5H,3-4,9H2,1-2H3,(H,12,13);1H. The molecule has 0 aromatic rings. The van der Waals surface area contributed by atoms with E-state index in [2.05, 4.69) is 4.74 Å². The number of amides is 1. The maximum absolute atomic E-state index is 11.4. The van der Waals surface area contributed by atoms with Gasteiger partial charge in [0.2, 0.25) is 0 Å². The summed E-state index contributed by atoms with van der Waals surface area (Å²) >= 11 is 0. The first-order chi connectivity index (χ1) is 6.41. The summed E-state index contributed by atoms with van der Waals surface area (Å²) in [6, 6.07) is -0.310. The highest BCUT2D eigenvalue weighted by Gasteiger charge is 2.50. The zero-order valence-electron chi connectivity index (χ0n) is 8.60. The molecule has 1 fully saturated rings. The monoisotopic (exact) mass is 238 g/mol. The second kappa shape index (κ2) is 4.67. The van der Waals surface area contributed by atoms with Gasteiger partial charge in [-0.05, 0) is 13.3 Å². The first kappa shape index (κ1) is 14.0. The fraction of sp³-hybridized carbons (Fsp3) is 0.750. The average molecular weight is 239 g/mol. The fourth-order valence-electron chi connectivity index (χ4n) is 1.82. The predicted molar refractivity (Wildman–Crippen MR) is 55.0 cm³/mol. The summed E-state index contributed by atoms with van der Waals surface area (Å²) in [5, 5.41) is 8.87. The number of methoxy groups -OCH3 is 1. The molecule has 0 aliphatic carbocycles. The molecule has 0 radical (unpaired) electrons. The van der Waals surface area contributed by atoms with Crippen molar-refractivity contribution in [3.8, 4) is 0 Å². The molecule has 88 valence electrons. The fourth-order valence-corrected chi connectivity index (χ4v) is 1.82. The van der Waals surface area contributed by atoms with Crippen molar-refractivity contribution in [2.75, 3.05) is 13.7 Å². The van der Waals surface area contributed by atoms with Gasteiger partial charge in [0, 0.05) is 12.6 Å². The molecule has 7 heteroatoms. The number of likely N-dealkylation sites (tertiary alicyclic amines) is 1. The number of rotatable bonds is 1. The lowest BCUT2D eigenvalue weighted by Gasteiger charge is -2.29. The molecule has 0 bridgehead atoms. The van der Waals surface area contributed by atoms with Crippen LogP contribution in [0.25, 0.3) is 0 Å². The zero-order valence-corrected chi connectivity index (χ0v) is 9.41. The lowest BCUT2D eigenvalue weighted by Crippen LogP contribution is -2.50.